The number of hydrogen-bond acceptors (Lipinski definition) is 5. The van der Waals surface area contributed by atoms with Crippen molar-refractivity contribution in [2.45, 2.75) is 36.8 Å². The number of sulfonamides is 1. The van der Waals surface area contributed by atoms with Gasteiger partial charge in [-0.1, -0.05) is 0 Å². The van der Waals surface area contributed by atoms with Gasteiger partial charge < -0.3 is 9.84 Å². The molecule has 0 aliphatic carbocycles. The molecule has 1 aliphatic heterocycles. The van der Waals surface area contributed by atoms with Gasteiger partial charge in [-0.05, 0) is 12.8 Å². The summed E-state index contributed by atoms with van der Waals surface area (Å²) >= 11 is 0. The highest BCUT2D eigenvalue weighted by atomic mass is 32.2. The van der Waals surface area contributed by atoms with Crippen LogP contribution in [0.4, 0.5) is 0 Å². The quantitative estimate of drug-likeness (QED) is 0.802. The van der Waals surface area contributed by atoms with Gasteiger partial charge in [0.2, 0.25) is 10.0 Å². The zero-order valence-electron chi connectivity index (χ0n) is 11.8. The smallest absolute Gasteiger partial charge is 0.305 e. The molecule has 1 saturated heterocycles. The lowest BCUT2D eigenvalue weighted by molar-refractivity contribution is -0.137. The molecular formula is C12H19N3O5S. The Hall–Kier alpha value is -1.45. The third kappa shape index (κ3) is 3.80. The van der Waals surface area contributed by atoms with Crippen molar-refractivity contribution in [2.24, 2.45) is 0 Å². The van der Waals surface area contributed by atoms with Gasteiger partial charge in [0, 0.05) is 26.4 Å². The van der Waals surface area contributed by atoms with Crippen LogP contribution >= 0.6 is 0 Å². The second-order valence-corrected chi connectivity index (χ2v) is 6.86. The Morgan fingerprint density at radius 1 is 1.48 bits per heavy atom. The second-order valence-electron chi connectivity index (χ2n) is 4.92. The Morgan fingerprint density at radius 2 is 2.14 bits per heavy atom. The van der Waals surface area contributed by atoms with E-state index in [0.29, 0.717) is 25.9 Å². The zero-order valence-corrected chi connectivity index (χ0v) is 12.6. The Morgan fingerprint density at radius 3 is 2.71 bits per heavy atom. The normalized spacial score (nSPS) is 18.0. The SMILES string of the molecule is COC1CCN(S(=O)(=O)c2cnn(CCC(=O)O)c2)CC1. The Balaban J connectivity index is 2.04. The number of aryl methyl sites for hydroxylation is 1. The molecule has 0 bridgehead atoms. The van der Waals surface area contributed by atoms with Crippen molar-refractivity contribution in [3.05, 3.63) is 12.4 Å². The number of methoxy groups -OCH3 is 1. The first-order valence-corrected chi connectivity index (χ1v) is 8.14. The lowest BCUT2D eigenvalue weighted by Gasteiger charge is -2.29. The number of nitrogens with zero attached hydrogens (tertiary/aromatic N) is 3. The Bertz CT molecular complexity index is 590. The maximum Gasteiger partial charge on any atom is 0.305 e. The topological polar surface area (TPSA) is 102 Å². The fraction of sp³-hybridized carbons (Fsp3) is 0.667. The van der Waals surface area contributed by atoms with Crippen molar-refractivity contribution in [3.63, 3.8) is 0 Å². The molecule has 0 radical (unpaired) electrons. The van der Waals surface area contributed by atoms with E-state index in [2.05, 4.69) is 5.10 Å². The van der Waals surface area contributed by atoms with Crippen LogP contribution < -0.4 is 0 Å². The number of carboxylic acid groups (broad SMARTS) is 1. The summed E-state index contributed by atoms with van der Waals surface area (Å²) in [5.74, 6) is -0.948. The van der Waals surface area contributed by atoms with Gasteiger partial charge in [-0.15, -0.1) is 0 Å². The van der Waals surface area contributed by atoms with Crippen LogP contribution in [0.5, 0.6) is 0 Å². The lowest BCUT2D eigenvalue weighted by Crippen LogP contribution is -2.40. The highest BCUT2D eigenvalue weighted by molar-refractivity contribution is 7.89. The summed E-state index contributed by atoms with van der Waals surface area (Å²) in [6.45, 7) is 0.985. The first-order valence-electron chi connectivity index (χ1n) is 6.70. The van der Waals surface area contributed by atoms with Crippen LogP contribution in [0.2, 0.25) is 0 Å². The first kappa shape index (κ1) is 15.9. The average Bonchev–Trinajstić information content (AvgIpc) is 2.95. The van der Waals surface area contributed by atoms with Gasteiger partial charge in [-0.3, -0.25) is 9.48 Å². The number of ether oxygens (including phenoxy) is 1. The van der Waals surface area contributed by atoms with Crippen LogP contribution in [0.3, 0.4) is 0 Å². The van der Waals surface area contributed by atoms with E-state index in [-0.39, 0.29) is 24.0 Å². The number of rotatable bonds is 6. The van der Waals surface area contributed by atoms with Crippen LogP contribution in [-0.2, 0) is 26.1 Å². The predicted octanol–water partition coefficient (Wildman–Crippen LogP) is 0.157. The molecule has 118 valence electrons. The fourth-order valence-electron chi connectivity index (χ4n) is 2.27. The van der Waals surface area contributed by atoms with Crippen LogP contribution in [-0.4, -0.2) is 59.9 Å². The number of aromatic nitrogens is 2. The predicted molar refractivity (Wildman–Crippen MR) is 73.3 cm³/mol. The van der Waals surface area contributed by atoms with Crippen LogP contribution in [0, 0.1) is 0 Å². The van der Waals surface area contributed by atoms with Crippen molar-refractivity contribution in [1.82, 2.24) is 14.1 Å². The summed E-state index contributed by atoms with van der Waals surface area (Å²) in [4.78, 5) is 10.6. The van der Waals surface area contributed by atoms with Crippen molar-refractivity contribution in [1.29, 1.82) is 0 Å². The minimum atomic E-state index is -3.56. The summed E-state index contributed by atoms with van der Waals surface area (Å²) in [5, 5.41) is 12.5. The first-order chi connectivity index (χ1) is 9.93. The van der Waals surface area contributed by atoms with E-state index in [0.717, 1.165) is 0 Å². The molecule has 0 aromatic carbocycles. The number of piperidine rings is 1. The largest absolute Gasteiger partial charge is 0.481 e. The zero-order chi connectivity index (χ0) is 15.5. The van der Waals surface area contributed by atoms with Crippen molar-refractivity contribution in [3.8, 4) is 0 Å². The van der Waals surface area contributed by atoms with E-state index >= 15 is 0 Å². The van der Waals surface area contributed by atoms with Gasteiger partial charge in [0.25, 0.3) is 0 Å². The summed E-state index contributed by atoms with van der Waals surface area (Å²) in [7, 11) is -1.94. The van der Waals surface area contributed by atoms with Crippen molar-refractivity contribution >= 4 is 16.0 Å². The molecule has 1 aromatic heterocycles. The van der Waals surface area contributed by atoms with E-state index in [1.165, 1.54) is 21.4 Å². The second kappa shape index (κ2) is 6.54. The Kier molecular flexibility index (Phi) is 4.96. The summed E-state index contributed by atoms with van der Waals surface area (Å²) in [6.07, 6.45) is 3.99. The lowest BCUT2D eigenvalue weighted by atomic mass is 10.1. The number of hydrogen-bond donors (Lipinski definition) is 1. The molecule has 1 N–H and O–H groups in total. The highest BCUT2D eigenvalue weighted by Gasteiger charge is 2.30. The van der Waals surface area contributed by atoms with Crippen LogP contribution in [0.1, 0.15) is 19.3 Å². The molecule has 0 amide bonds. The standard InChI is InChI=1S/C12H19N3O5S/c1-20-10-2-6-15(7-3-10)21(18,19)11-8-13-14(9-11)5-4-12(16)17/h8-10H,2-7H2,1H3,(H,16,17). The third-order valence-corrected chi connectivity index (χ3v) is 5.39. The molecule has 1 aromatic rings. The highest BCUT2D eigenvalue weighted by Crippen LogP contribution is 2.21. The van der Waals surface area contributed by atoms with Gasteiger partial charge >= 0.3 is 5.97 Å². The van der Waals surface area contributed by atoms with Gasteiger partial charge in [0.15, 0.2) is 0 Å². The molecule has 21 heavy (non-hydrogen) atoms. The average molecular weight is 317 g/mol. The molecule has 2 heterocycles. The maximum absolute atomic E-state index is 12.4. The summed E-state index contributed by atoms with van der Waals surface area (Å²) in [6, 6.07) is 0. The molecule has 1 aliphatic rings. The molecule has 2 rings (SSSR count). The van der Waals surface area contributed by atoms with E-state index in [4.69, 9.17) is 9.84 Å². The molecule has 0 spiro atoms. The van der Waals surface area contributed by atoms with E-state index in [1.54, 1.807) is 7.11 Å². The fourth-order valence-corrected chi connectivity index (χ4v) is 3.69. The van der Waals surface area contributed by atoms with Crippen molar-refractivity contribution in [2.75, 3.05) is 20.2 Å². The number of carboxylic acids is 1. The van der Waals surface area contributed by atoms with Crippen molar-refractivity contribution < 1.29 is 23.1 Å². The number of carbonyl (C=O) groups is 1. The molecule has 8 nitrogen and oxygen atoms in total. The monoisotopic (exact) mass is 317 g/mol. The van der Waals surface area contributed by atoms with Gasteiger partial charge in [-0.25, -0.2) is 8.42 Å². The van der Waals surface area contributed by atoms with Gasteiger partial charge in [0.05, 0.1) is 25.3 Å². The minimum absolute atomic E-state index is 0.0968. The Labute approximate surface area is 123 Å². The number of aliphatic carboxylic acids is 1. The van der Waals surface area contributed by atoms with E-state index in [1.807, 2.05) is 0 Å². The minimum Gasteiger partial charge on any atom is -0.481 e. The van der Waals surface area contributed by atoms with Crippen LogP contribution in [0.15, 0.2) is 17.3 Å². The summed E-state index contributed by atoms with van der Waals surface area (Å²) in [5.41, 5.74) is 0. The molecule has 0 saturated carbocycles. The molecule has 9 heteroatoms. The molecule has 1 fully saturated rings. The maximum atomic E-state index is 12.4. The molecule has 0 unspecified atom stereocenters. The van der Waals surface area contributed by atoms with E-state index in [9.17, 15) is 13.2 Å². The van der Waals surface area contributed by atoms with E-state index < -0.39 is 16.0 Å². The third-order valence-electron chi connectivity index (χ3n) is 3.54. The molecular weight excluding hydrogens is 298 g/mol. The summed E-state index contributed by atoms with van der Waals surface area (Å²) < 4.78 is 32.9. The van der Waals surface area contributed by atoms with Crippen LogP contribution in [0.25, 0.3) is 0 Å². The van der Waals surface area contributed by atoms with Gasteiger partial charge in [-0.2, -0.15) is 9.40 Å². The molecule has 0 atom stereocenters. The van der Waals surface area contributed by atoms with Gasteiger partial charge in [0.1, 0.15) is 4.90 Å².